The minimum absolute atomic E-state index is 0.0205. The molecule has 0 radical (unpaired) electrons. The summed E-state index contributed by atoms with van der Waals surface area (Å²) in [6.07, 6.45) is 0.0423. The van der Waals surface area contributed by atoms with E-state index in [-0.39, 0.29) is 62.5 Å². The van der Waals surface area contributed by atoms with Crippen LogP contribution in [0.4, 0.5) is 5.69 Å². The molecule has 0 saturated carbocycles. The van der Waals surface area contributed by atoms with Gasteiger partial charge in [0.2, 0.25) is 11.7 Å². The summed E-state index contributed by atoms with van der Waals surface area (Å²) in [6, 6.07) is 10.9. The second-order valence-electron chi connectivity index (χ2n) is 6.37. The highest BCUT2D eigenvalue weighted by Gasteiger charge is 2.37. The van der Waals surface area contributed by atoms with E-state index in [4.69, 9.17) is 11.6 Å². The molecule has 0 aliphatic heterocycles. The van der Waals surface area contributed by atoms with Crippen molar-refractivity contribution in [1.29, 1.82) is 0 Å². The van der Waals surface area contributed by atoms with Crippen LogP contribution < -0.4 is 5.32 Å². The summed E-state index contributed by atoms with van der Waals surface area (Å²) in [5.41, 5.74) is -0.326. The Kier molecular flexibility index (Phi) is 4.28. The fourth-order valence-corrected chi connectivity index (χ4v) is 3.66. The Balaban J connectivity index is 1.98. The summed E-state index contributed by atoms with van der Waals surface area (Å²) in [4.78, 5) is 38.3. The van der Waals surface area contributed by atoms with Crippen molar-refractivity contribution in [3.8, 4) is 11.5 Å². The average Bonchev–Trinajstić information content (AvgIpc) is 2.69. The van der Waals surface area contributed by atoms with Gasteiger partial charge in [-0.2, -0.15) is 0 Å². The predicted octanol–water partition coefficient (Wildman–Crippen LogP) is 3.59. The van der Waals surface area contributed by atoms with Crippen molar-refractivity contribution in [3.63, 3.8) is 0 Å². The Morgan fingerprint density at radius 2 is 1.46 bits per heavy atom. The smallest absolute Gasteiger partial charge is 0.225 e. The molecular formula is C21H14ClNO5. The van der Waals surface area contributed by atoms with Gasteiger partial charge < -0.3 is 15.5 Å². The molecule has 28 heavy (non-hydrogen) atoms. The fourth-order valence-electron chi connectivity index (χ4n) is 3.49. The predicted molar refractivity (Wildman–Crippen MR) is 105 cm³/mol. The number of aromatic hydroxyl groups is 2. The van der Waals surface area contributed by atoms with E-state index in [9.17, 15) is 24.6 Å². The zero-order chi connectivity index (χ0) is 20.0. The van der Waals surface area contributed by atoms with Crippen molar-refractivity contribution < 1.29 is 24.6 Å². The third-order valence-corrected chi connectivity index (χ3v) is 4.94. The summed E-state index contributed by atoms with van der Waals surface area (Å²) in [5, 5.41) is 24.5. The highest BCUT2D eigenvalue weighted by Crippen LogP contribution is 2.45. The SMILES string of the molecule is O=C(CCCl)Nc1cccc2c1C(=O)c1c(c(O)c3ccccc3c1O)C2=O. The standard InChI is InChI=1S/C21H14ClNO5/c22-9-8-14(24)23-13-7-3-6-12-15(13)21(28)17-16(20(12)27)18(25)10-4-1-2-5-11(10)19(17)26/h1-7,25-26H,8-9H2,(H,23,24). The van der Waals surface area contributed by atoms with Crippen molar-refractivity contribution in [2.75, 3.05) is 11.2 Å². The van der Waals surface area contributed by atoms with Gasteiger partial charge >= 0.3 is 0 Å². The van der Waals surface area contributed by atoms with Crippen molar-refractivity contribution in [2.45, 2.75) is 6.42 Å². The van der Waals surface area contributed by atoms with Crippen LogP contribution in [0.25, 0.3) is 10.8 Å². The molecule has 0 spiro atoms. The Morgan fingerprint density at radius 1 is 0.857 bits per heavy atom. The second kappa shape index (κ2) is 6.65. The zero-order valence-electron chi connectivity index (χ0n) is 14.5. The van der Waals surface area contributed by atoms with Crippen LogP contribution >= 0.6 is 11.6 Å². The highest BCUT2D eigenvalue weighted by atomic mass is 35.5. The molecule has 3 aromatic rings. The molecule has 6 nitrogen and oxygen atoms in total. The first kappa shape index (κ1) is 18.0. The van der Waals surface area contributed by atoms with Crippen molar-refractivity contribution in [3.05, 3.63) is 64.7 Å². The molecule has 3 aromatic carbocycles. The lowest BCUT2D eigenvalue weighted by atomic mass is 9.80. The lowest BCUT2D eigenvalue weighted by Gasteiger charge is -2.23. The molecule has 0 saturated heterocycles. The molecule has 7 heteroatoms. The first-order valence-corrected chi connectivity index (χ1v) is 9.04. The van der Waals surface area contributed by atoms with Crippen LogP contribution in [0, 0.1) is 0 Å². The number of hydrogen-bond donors (Lipinski definition) is 3. The molecule has 0 heterocycles. The first-order valence-electron chi connectivity index (χ1n) is 8.50. The third-order valence-electron chi connectivity index (χ3n) is 4.75. The number of anilines is 1. The summed E-state index contributed by atoms with van der Waals surface area (Å²) in [7, 11) is 0. The van der Waals surface area contributed by atoms with Crippen molar-refractivity contribution in [2.24, 2.45) is 0 Å². The molecule has 4 rings (SSSR count). The van der Waals surface area contributed by atoms with Gasteiger partial charge in [0, 0.05) is 28.6 Å². The maximum Gasteiger partial charge on any atom is 0.225 e. The third kappa shape index (κ3) is 2.53. The maximum atomic E-state index is 13.2. The molecule has 1 amide bonds. The lowest BCUT2D eigenvalue weighted by Crippen LogP contribution is -2.24. The molecule has 0 atom stereocenters. The molecule has 0 bridgehead atoms. The van der Waals surface area contributed by atoms with Gasteiger partial charge in [0.15, 0.2) is 5.78 Å². The molecule has 0 fully saturated rings. The topological polar surface area (TPSA) is 104 Å². The van der Waals surface area contributed by atoms with Crippen LogP contribution in [0.5, 0.6) is 11.5 Å². The van der Waals surface area contributed by atoms with Gasteiger partial charge in [-0.25, -0.2) is 0 Å². The zero-order valence-corrected chi connectivity index (χ0v) is 15.2. The number of ketones is 2. The summed E-state index contributed by atoms with van der Waals surface area (Å²) in [5.74, 6) is -2.28. The van der Waals surface area contributed by atoms with Gasteiger partial charge in [-0.15, -0.1) is 11.6 Å². The van der Waals surface area contributed by atoms with E-state index in [1.54, 1.807) is 24.3 Å². The average molecular weight is 396 g/mol. The number of fused-ring (bicyclic) bond motifs is 3. The molecule has 140 valence electrons. The number of nitrogens with one attached hydrogen (secondary N) is 1. The first-order chi connectivity index (χ1) is 13.5. The van der Waals surface area contributed by atoms with Crippen LogP contribution in [0.15, 0.2) is 42.5 Å². The number of benzene rings is 3. The van der Waals surface area contributed by atoms with E-state index >= 15 is 0 Å². The molecule has 3 N–H and O–H groups in total. The molecule has 1 aliphatic carbocycles. The number of carbonyl (C=O) groups excluding carboxylic acids is 3. The van der Waals surface area contributed by atoms with Gasteiger partial charge in [0.1, 0.15) is 11.5 Å². The van der Waals surface area contributed by atoms with E-state index in [0.717, 1.165) is 0 Å². The fraction of sp³-hybridized carbons (Fsp3) is 0.0952. The number of carbonyl (C=O) groups is 3. The number of hydrogen-bond acceptors (Lipinski definition) is 5. The summed E-state index contributed by atoms with van der Waals surface area (Å²) < 4.78 is 0. The van der Waals surface area contributed by atoms with Crippen LogP contribution in [0.2, 0.25) is 0 Å². The van der Waals surface area contributed by atoms with Crippen molar-refractivity contribution >= 4 is 45.5 Å². The monoisotopic (exact) mass is 395 g/mol. The number of phenols is 2. The second-order valence-corrected chi connectivity index (χ2v) is 6.74. The Hall–Kier alpha value is -3.38. The van der Waals surface area contributed by atoms with E-state index in [1.165, 1.54) is 18.2 Å². The van der Waals surface area contributed by atoms with E-state index in [2.05, 4.69) is 5.32 Å². The van der Waals surface area contributed by atoms with Gasteiger partial charge in [-0.05, 0) is 6.07 Å². The summed E-state index contributed by atoms with van der Waals surface area (Å²) in [6.45, 7) is 0. The van der Waals surface area contributed by atoms with Crippen molar-refractivity contribution in [1.82, 2.24) is 0 Å². The molecule has 0 unspecified atom stereocenters. The highest BCUT2D eigenvalue weighted by molar-refractivity contribution is 6.34. The molecule has 0 aromatic heterocycles. The van der Waals surface area contributed by atoms with Gasteiger partial charge in [0.25, 0.3) is 0 Å². The number of amides is 1. The van der Waals surface area contributed by atoms with E-state index < -0.39 is 17.5 Å². The summed E-state index contributed by atoms with van der Waals surface area (Å²) >= 11 is 5.58. The van der Waals surface area contributed by atoms with Crippen LogP contribution in [-0.2, 0) is 4.79 Å². The van der Waals surface area contributed by atoms with Gasteiger partial charge in [0.05, 0.1) is 22.4 Å². The van der Waals surface area contributed by atoms with Gasteiger partial charge in [-0.1, -0.05) is 36.4 Å². The normalized spacial score (nSPS) is 12.6. The molecule has 1 aliphatic rings. The Morgan fingerprint density at radius 3 is 2.07 bits per heavy atom. The number of rotatable bonds is 3. The molecular weight excluding hydrogens is 382 g/mol. The minimum Gasteiger partial charge on any atom is -0.506 e. The number of phenolic OH excluding ortho intramolecular Hbond substituents is 2. The number of halogens is 1. The van der Waals surface area contributed by atoms with E-state index in [1.807, 2.05) is 0 Å². The minimum atomic E-state index is -0.648. The number of alkyl halides is 1. The van der Waals surface area contributed by atoms with Crippen LogP contribution in [-0.4, -0.2) is 33.6 Å². The largest absolute Gasteiger partial charge is 0.506 e. The van der Waals surface area contributed by atoms with Crippen LogP contribution in [0.1, 0.15) is 38.3 Å². The van der Waals surface area contributed by atoms with E-state index in [0.29, 0.717) is 0 Å². The lowest BCUT2D eigenvalue weighted by molar-refractivity contribution is -0.115. The van der Waals surface area contributed by atoms with Gasteiger partial charge in [-0.3, -0.25) is 14.4 Å². The van der Waals surface area contributed by atoms with Crippen LogP contribution in [0.3, 0.4) is 0 Å². The Labute approximate surface area is 164 Å². The quantitative estimate of drug-likeness (QED) is 0.363. The maximum absolute atomic E-state index is 13.2. The Bertz CT molecular complexity index is 1190.